The third-order valence-electron chi connectivity index (χ3n) is 4.84. The molecule has 3 aromatic rings. The van der Waals surface area contributed by atoms with Crippen molar-refractivity contribution in [2.24, 2.45) is 0 Å². The number of rotatable bonds is 6. The minimum absolute atomic E-state index is 0.185. The van der Waals surface area contributed by atoms with Crippen molar-refractivity contribution in [3.63, 3.8) is 0 Å². The maximum absolute atomic E-state index is 12.6. The number of hydrogen-bond donors (Lipinski definition) is 2. The van der Waals surface area contributed by atoms with Crippen LogP contribution < -0.4 is 20.1 Å². The van der Waals surface area contributed by atoms with Crippen molar-refractivity contribution in [1.29, 1.82) is 0 Å². The van der Waals surface area contributed by atoms with Crippen LogP contribution >= 0.6 is 0 Å². The highest BCUT2D eigenvalue weighted by molar-refractivity contribution is 6.04. The molecule has 0 saturated carbocycles. The molecule has 2 N–H and O–H groups in total. The highest BCUT2D eigenvalue weighted by Crippen LogP contribution is 2.24. The van der Waals surface area contributed by atoms with Gasteiger partial charge in [0.05, 0.1) is 19.8 Å². The van der Waals surface area contributed by atoms with Gasteiger partial charge in [0.15, 0.2) is 5.82 Å². The first-order chi connectivity index (χ1) is 14.6. The number of anilines is 1. The molecule has 0 bridgehead atoms. The second-order valence-corrected chi connectivity index (χ2v) is 6.81. The number of aromatic nitrogens is 2. The molecule has 0 radical (unpaired) electrons. The van der Waals surface area contributed by atoms with Crippen LogP contribution in [0.2, 0.25) is 0 Å². The van der Waals surface area contributed by atoms with Crippen molar-refractivity contribution in [3.8, 4) is 11.5 Å². The summed E-state index contributed by atoms with van der Waals surface area (Å²) in [6.45, 7) is 2.97. The third-order valence-corrected chi connectivity index (χ3v) is 4.84. The summed E-state index contributed by atoms with van der Waals surface area (Å²) >= 11 is 0. The van der Waals surface area contributed by atoms with E-state index in [-0.39, 0.29) is 29.4 Å². The number of carbonyl (C=O) groups is 2. The van der Waals surface area contributed by atoms with Crippen LogP contribution in [0.4, 0.5) is 5.69 Å². The number of methoxy groups -OCH3 is 1. The quantitative estimate of drug-likeness (QED) is 0.656. The molecule has 8 heteroatoms. The summed E-state index contributed by atoms with van der Waals surface area (Å²) in [6, 6.07) is 14.4. The highest BCUT2D eigenvalue weighted by atomic mass is 16.5. The summed E-state index contributed by atoms with van der Waals surface area (Å²) in [5, 5.41) is 5.73. The molecular weight excluding hydrogens is 384 g/mol. The average molecular weight is 406 g/mol. The van der Waals surface area contributed by atoms with E-state index in [0.717, 1.165) is 17.1 Å². The lowest BCUT2D eigenvalue weighted by Crippen LogP contribution is -2.38. The largest absolute Gasteiger partial charge is 0.497 e. The second-order valence-electron chi connectivity index (χ2n) is 6.81. The Labute approximate surface area is 173 Å². The fraction of sp³-hybridized carbons (Fsp3) is 0.227. The number of ether oxygens (including phenoxy) is 2. The summed E-state index contributed by atoms with van der Waals surface area (Å²) in [4.78, 5) is 29.4. The van der Waals surface area contributed by atoms with Gasteiger partial charge in [0.2, 0.25) is 0 Å². The molecule has 30 heavy (non-hydrogen) atoms. The Kier molecular flexibility index (Phi) is 5.38. The highest BCUT2D eigenvalue weighted by Gasteiger charge is 2.28. The molecule has 1 aliphatic rings. The molecule has 4 rings (SSSR count). The minimum Gasteiger partial charge on any atom is -0.497 e. The maximum Gasteiger partial charge on any atom is 0.287 e. The van der Waals surface area contributed by atoms with Crippen molar-refractivity contribution in [1.82, 2.24) is 14.9 Å². The summed E-state index contributed by atoms with van der Waals surface area (Å²) in [6.07, 6.45) is 1.61. The zero-order chi connectivity index (χ0) is 21.1. The number of carbonyl (C=O) groups excluding carboxylic acids is 2. The smallest absolute Gasteiger partial charge is 0.287 e. The van der Waals surface area contributed by atoms with Crippen LogP contribution in [0.5, 0.6) is 11.5 Å². The first-order valence-electron chi connectivity index (χ1n) is 9.63. The normalized spacial score (nSPS) is 15.1. The predicted octanol–water partition coefficient (Wildman–Crippen LogP) is 3.03. The van der Waals surface area contributed by atoms with Gasteiger partial charge in [-0.15, -0.1) is 0 Å². The van der Waals surface area contributed by atoms with Crippen LogP contribution in [-0.2, 0) is 6.54 Å². The Hall–Kier alpha value is -3.81. The zero-order valence-corrected chi connectivity index (χ0v) is 16.7. The molecule has 0 saturated heterocycles. The van der Waals surface area contributed by atoms with Gasteiger partial charge in [-0.3, -0.25) is 9.59 Å². The fourth-order valence-corrected chi connectivity index (χ4v) is 3.33. The molecule has 2 heterocycles. The topological polar surface area (TPSA) is 94.5 Å². The van der Waals surface area contributed by atoms with Gasteiger partial charge < -0.3 is 24.7 Å². The van der Waals surface area contributed by atoms with Gasteiger partial charge in [0.1, 0.15) is 17.2 Å². The minimum atomic E-state index is -0.380. The molecule has 8 nitrogen and oxygen atoms in total. The number of hydrogen-bond acceptors (Lipinski definition) is 5. The van der Waals surface area contributed by atoms with Crippen LogP contribution in [0.3, 0.4) is 0 Å². The molecule has 2 amide bonds. The summed E-state index contributed by atoms with van der Waals surface area (Å²) in [7, 11) is 1.61. The summed E-state index contributed by atoms with van der Waals surface area (Å²) < 4.78 is 12.3. The van der Waals surface area contributed by atoms with Crippen molar-refractivity contribution < 1.29 is 19.1 Å². The van der Waals surface area contributed by atoms with Gasteiger partial charge in [-0.25, -0.2) is 4.98 Å². The second kappa shape index (κ2) is 8.28. The van der Waals surface area contributed by atoms with E-state index >= 15 is 0 Å². The van der Waals surface area contributed by atoms with Gasteiger partial charge in [-0.05, 0) is 48.9 Å². The van der Waals surface area contributed by atoms with Crippen LogP contribution in [0.15, 0.2) is 54.7 Å². The lowest BCUT2D eigenvalue weighted by atomic mass is 10.1. The number of nitrogens with one attached hydrogen (secondary N) is 2. The predicted molar refractivity (Wildman–Crippen MR) is 111 cm³/mol. The number of amides is 2. The lowest BCUT2D eigenvalue weighted by Gasteiger charge is -2.25. The first kappa shape index (κ1) is 19.5. The Morgan fingerprint density at radius 3 is 2.53 bits per heavy atom. The standard InChI is InChI=1S/C22H22N4O4/c1-3-30-17-10-6-15(7-11-17)23-21(27)19-13-26-12-18(25-22(28)20(26)24-19)14-4-8-16(29-2)9-5-14/h4-11,13,18H,3,12H2,1-2H3,(H,23,27)(H,25,28). The van der Waals surface area contributed by atoms with E-state index in [2.05, 4.69) is 15.6 Å². The van der Waals surface area contributed by atoms with Crippen molar-refractivity contribution >= 4 is 17.5 Å². The SMILES string of the molecule is CCOc1ccc(NC(=O)c2cn3c(n2)C(=O)NC(c2ccc(OC)cc2)C3)cc1. The molecular formula is C22H22N4O4. The maximum atomic E-state index is 12.6. The van der Waals surface area contributed by atoms with Crippen LogP contribution in [0, 0.1) is 0 Å². The molecule has 2 aromatic carbocycles. The number of nitrogens with zero attached hydrogens (tertiary/aromatic N) is 2. The molecule has 1 aliphatic heterocycles. The Morgan fingerprint density at radius 2 is 1.87 bits per heavy atom. The van der Waals surface area contributed by atoms with Crippen molar-refractivity contribution in [2.45, 2.75) is 19.5 Å². The van der Waals surface area contributed by atoms with Gasteiger partial charge in [-0.2, -0.15) is 0 Å². The summed E-state index contributed by atoms with van der Waals surface area (Å²) in [5.74, 6) is 1.00. The lowest BCUT2D eigenvalue weighted by molar-refractivity contribution is 0.0894. The molecule has 1 atom stereocenters. The van der Waals surface area contributed by atoms with Crippen molar-refractivity contribution in [3.05, 3.63) is 71.8 Å². The van der Waals surface area contributed by atoms with Gasteiger partial charge in [0, 0.05) is 18.4 Å². The third kappa shape index (κ3) is 3.98. The Bertz CT molecular complexity index is 1060. The van der Waals surface area contributed by atoms with Crippen molar-refractivity contribution in [2.75, 3.05) is 19.0 Å². The number of benzene rings is 2. The van der Waals surface area contributed by atoms with Crippen LogP contribution in [-0.4, -0.2) is 35.1 Å². The Balaban J connectivity index is 1.48. The van der Waals surface area contributed by atoms with E-state index in [1.54, 1.807) is 42.1 Å². The van der Waals surface area contributed by atoms with E-state index in [4.69, 9.17) is 9.47 Å². The molecule has 1 aromatic heterocycles. The molecule has 154 valence electrons. The average Bonchev–Trinajstić information content (AvgIpc) is 3.20. The van der Waals surface area contributed by atoms with E-state index in [1.807, 2.05) is 31.2 Å². The molecule has 0 fully saturated rings. The number of fused-ring (bicyclic) bond motifs is 1. The van der Waals surface area contributed by atoms with Gasteiger partial charge in [-0.1, -0.05) is 12.1 Å². The van der Waals surface area contributed by atoms with E-state index in [1.165, 1.54) is 0 Å². The molecule has 1 unspecified atom stereocenters. The van der Waals surface area contributed by atoms with Gasteiger partial charge in [0.25, 0.3) is 11.8 Å². The fourth-order valence-electron chi connectivity index (χ4n) is 3.33. The first-order valence-corrected chi connectivity index (χ1v) is 9.63. The van der Waals surface area contributed by atoms with E-state index < -0.39 is 0 Å². The number of imidazole rings is 1. The molecule has 0 spiro atoms. The van der Waals surface area contributed by atoms with E-state index in [9.17, 15) is 9.59 Å². The summed E-state index contributed by atoms with van der Waals surface area (Å²) in [5.41, 5.74) is 1.75. The van der Waals surface area contributed by atoms with Gasteiger partial charge >= 0.3 is 0 Å². The monoisotopic (exact) mass is 406 g/mol. The van der Waals surface area contributed by atoms with E-state index in [0.29, 0.717) is 18.8 Å². The Morgan fingerprint density at radius 1 is 1.17 bits per heavy atom. The molecule has 0 aliphatic carbocycles. The van der Waals surface area contributed by atoms with Crippen LogP contribution in [0.25, 0.3) is 0 Å². The zero-order valence-electron chi connectivity index (χ0n) is 16.7. The van der Waals surface area contributed by atoms with Crippen LogP contribution in [0.1, 0.15) is 39.6 Å².